The van der Waals surface area contributed by atoms with Gasteiger partial charge in [0.2, 0.25) is 0 Å². The van der Waals surface area contributed by atoms with Crippen molar-refractivity contribution >= 4 is 61.9 Å². The summed E-state index contributed by atoms with van der Waals surface area (Å²) >= 11 is 9.80. The molecule has 1 fully saturated rings. The van der Waals surface area contributed by atoms with Gasteiger partial charge in [-0.25, -0.2) is 0 Å². The predicted octanol–water partition coefficient (Wildman–Crippen LogP) is 3.96. The van der Waals surface area contributed by atoms with E-state index in [0.717, 1.165) is 0 Å². The van der Waals surface area contributed by atoms with Gasteiger partial charge in [-0.2, -0.15) is 0 Å². The number of nitrogens with zero attached hydrogens (tertiary/aromatic N) is 2. The molecule has 1 saturated heterocycles. The predicted molar refractivity (Wildman–Crippen MR) is 102 cm³/mol. The molecule has 1 aliphatic heterocycles. The number of thioether (sulfide) groups is 1. The highest BCUT2D eigenvalue weighted by molar-refractivity contribution is 9.10. The van der Waals surface area contributed by atoms with E-state index in [-0.39, 0.29) is 11.7 Å². The largest absolute Gasteiger partial charge is 0.503 e. The number of amides is 1. The smallest absolute Gasteiger partial charge is 0.270 e. The maximum absolute atomic E-state index is 12.7. The third kappa shape index (κ3) is 3.17. The van der Waals surface area contributed by atoms with Crippen molar-refractivity contribution in [3.63, 3.8) is 0 Å². The summed E-state index contributed by atoms with van der Waals surface area (Å²) in [5.41, 5.74) is 1.34. The molecule has 0 spiro atoms. The summed E-state index contributed by atoms with van der Waals surface area (Å²) in [6.07, 6.45) is 4.94. The van der Waals surface area contributed by atoms with Crippen LogP contribution in [0, 0.1) is 0 Å². The molecule has 1 aromatic heterocycles. The molecule has 1 amide bonds. The lowest BCUT2D eigenvalue weighted by molar-refractivity contribution is -0.113. The Bertz CT molecular complexity index is 856. The zero-order chi connectivity index (χ0) is 17.3. The molecule has 1 aliphatic rings. The van der Waals surface area contributed by atoms with E-state index in [1.807, 2.05) is 0 Å². The van der Waals surface area contributed by atoms with E-state index >= 15 is 0 Å². The van der Waals surface area contributed by atoms with Gasteiger partial charge < -0.3 is 9.84 Å². The average Bonchev–Trinajstić information content (AvgIpc) is 2.85. The normalized spacial score (nSPS) is 16.1. The van der Waals surface area contributed by atoms with Gasteiger partial charge >= 0.3 is 0 Å². The third-order valence-corrected chi connectivity index (χ3v) is 5.17. The molecule has 3 rings (SSSR count). The number of phenolic OH excluding ortho intramolecular Hbond substituents is 1. The molecule has 0 aliphatic carbocycles. The molecule has 0 saturated carbocycles. The summed E-state index contributed by atoms with van der Waals surface area (Å²) in [5.74, 6) is 0.122. The maximum Gasteiger partial charge on any atom is 0.270 e. The van der Waals surface area contributed by atoms with Crippen LogP contribution < -0.4 is 9.64 Å². The second-order valence-electron chi connectivity index (χ2n) is 4.78. The van der Waals surface area contributed by atoms with Crippen molar-refractivity contribution in [2.45, 2.75) is 0 Å². The van der Waals surface area contributed by atoms with Gasteiger partial charge in [-0.05, 0) is 51.8 Å². The number of aromatic nitrogens is 1. The lowest BCUT2D eigenvalue weighted by Gasteiger charge is -2.13. The monoisotopic (exact) mass is 422 g/mol. The number of carbonyl (C=O) groups excluding carboxylic acids is 1. The summed E-state index contributed by atoms with van der Waals surface area (Å²) < 4.78 is 6.05. The van der Waals surface area contributed by atoms with Gasteiger partial charge in [0.25, 0.3) is 5.91 Å². The van der Waals surface area contributed by atoms with Crippen LogP contribution in [-0.2, 0) is 4.79 Å². The Morgan fingerprint density at radius 1 is 1.46 bits per heavy atom. The number of carbonyl (C=O) groups is 1. The first-order valence-corrected chi connectivity index (χ1v) is 8.77. The second-order valence-corrected chi connectivity index (χ2v) is 7.31. The van der Waals surface area contributed by atoms with Crippen molar-refractivity contribution in [3.05, 3.63) is 51.6 Å². The minimum absolute atomic E-state index is 0.0116. The number of rotatable bonds is 3. The number of aromatic hydroxyl groups is 1. The molecule has 24 heavy (non-hydrogen) atoms. The van der Waals surface area contributed by atoms with Crippen LogP contribution in [0.5, 0.6) is 11.5 Å². The molecule has 0 atom stereocenters. The Balaban J connectivity index is 1.97. The van der Waals surface area contributed by atoms with Crippen LogP contribution in [-0.4, -0.2) is 27.4 Å². The van der Waals surface area contributed by atoms with Crippen molar-refractivity contribution in [1.82, 2.24) is 4.98 Å². The topological polar surface area (TPSA) is 62.7 Å². The number of pyridine rings is 1. The van der Waals surface area contributed by atoms with Crippen LogP contribution >= 0.6 is 39.9 Å². The molecule has 0 radical (unpaired) electrons. The molecule has 5 nitrogen and oxygen atoms in total. The molecule has 1 N–H and O–H groups in total. The Kier molecular flexibility index (Phi) is 4.88. The van der Waals surface area contributed by atoms with Gasteiger partial charge in [0.15, 0.2) is 15.8 Å². The lowest BCUT2D eigenvalue weighted by atomic mass is 10.2. The fourth-order valence-electron chi connectivity index (χ4n) is 2.16. The Morgan fingerprint density at radius 2 is 2.25 bits per heavy atom. The number of methoxy groups -OCH3 is 1. The van der Waals surface area contributed by atoms with Gasteiger partial charge in [-0.3, -0.25) is 14.7 Å². The van der Waals surface area contributed by atoms with Crippen LogP contribution in [0.3, 0.4) is 0 Å². The molecule has 0 unspecified atom stereocenters. The van der Waals surface area contributed by atoms with E-state index in [4.69, 9.17) is 17.0 Å². The summed E-state index contributed by atoms with van der Waals surface area (Å²) in [7, 11) is 1.47. The van der Waals surface area contributed by atoms with Crippen molar-refractivity contribution in [2.75, 3.05) is 12.0 Å². The van der Waals surface area contributed by atoms with Gasteiger partial charge in [-0.15, -0.1) is 0 Å². The van der Waals surface area contributed by atoms with Gasteiger partial charge in [0.1, 0.15) is 0 Å². The third-order valence-electron chi connectivity index (χ3n) is 3.27. The number of thiocarbonyl (C=S) groups is 1. The number of ether oxygens (including phenoxy) is 1. The minimum atomic E-state index is -0.207. The highest BCUT2D eigenvalue weighted by Gasteiger charge is 2.33. The maximum atomic E-state index is 12.7. The van der Waals surface area contributed by atoms with E-state index in [1.165, 1.54) is 23.8 Å². The van der Waals surface area contributed by atoms with E-state index in [1.54, 1.807) is 42.7 Å². The zero-order valence-electron chi connectivity index (χ0n) is 12.4. The fraction of sp³-hybridized carbons (Fsp3) is 0.0625. The molecule has 2 heterocycles. The van der Waals surface area contributed by atoms with Crippen LogP contribution in [0.1, 0.15) is 5.56 Å². The minimum Gasteiger partial charge on any atom is -0.503 e. The summed E-state index contributed by atoms with van der Waals surface area (Å²) in [6, 6.07) is 6.88. The van der Waals surface area contributed by atoms with Crippen molar-refractivity contribution in [2.24, 2.45) is 0 Å². The number of hydrogen-bond donors (Lipinski definition) is 1. The first kappa shape index (κ1) is 16.9. The number of halogens is 1. The number of anilines is 1. The Morgan fingerprint density at radius 3 is 2.92 bits per heavy atom. The van der Waals surface area contributed by atoms with Crippen LogP contribution in [0.4, 0.5) is 5.69 Å². The van der Waals surface area contributed by atoms with Gasteiger partial charge in [0.05, 0.1) is 28.4 Å². The van der Waals surface area contributed by atoms with Crippen molar-refractivity contribution < 1.29 is 14.6 Å². The first-order valence-electron chi connectivity index (χ1n) is 6.75. The molecule has 1 aromatic carbocycles. The highest BCUT2D eigenvalue weighted by atomic mass is 79.9. The van der Waals surface area contributed by atoms with Gasteiger partial charge in [-0.1, -0.05) is 24.0 Å². The number of benzene rings is 1. The fourth-order valence-corrected chi connectivity index (χ4v) is 3.92. The Hall–Kier alpha value is -1.90. The molecule has 0 bridgehead atoms. The van der Waals surface area contributed by atoms with Crippen LogP contribution in [0.25, 0.3) is 6.08 Å². The molecule has 122 valence electrons. The standard InChI is InChI=1S/C16H11BrN2O3S2/c1-22-12-6-9(5-11(17)14(12)20)7-13-15(21)19(16(23)24-13)10-3-2-4-18-8-10/h2-8,20H,1H3. The molecular formula is C16H11BrN2O3S2. The zero-order valence-corrected chi connectivity index (χ0v) is 15.6. The summed E-state index contributed by atoms with van der Waals surface area (Å²) in [5, 5.41) is 9.87. The summed E-state index contributed by atoms with van der Waals surface area (Å²) in [4.78, 5) is 18.6. The van der Waals surface area contributed by atoms with E-state index < -0.39 is 0 Å². The highest BCUT2D eigenvalue weighted by Crippen LogP contribution is 2.39. The Labute approximate surface area is 156 Å². The number of phenols is 1. The molecule has 2 aromatic rings. The summed E-state index contributed by atoms with van der Waals surface area (Å²) in [6.45, 7) is 0. The second kappa shape index (κ2) is 6.92. The van der Waals surface area contributed by atoms with E-state index in [0.29, 0.717) is 30.7 Å². The first-order chi connectivity index (χ1) is 11.5. The molecular weight excluding hydrogens is 412 g/mol. The molecule has 8 heteroatoms. The quantitative estimate of drug-likeness (QED) is 0.596. The van der Waals surface area contributed by atoms with Gasteiger partial charge in [0, 0.05) is 6.20 Å². The van der Waals surface area contributed by atoms with Crippen molar-refractivity contribution in [1.29, 1.82) is 0 Å². The SMILES string of the molecule is COc1cc(C=C2SC(=S)N(c3cccnc3)C2=O)cc(Br)c1O. The van der Waals surface area contributed by atoms with Crippen molar-refractivity contribution in [3.8, 4) is 11.5 Å². The van der Waals surface area contributed by atoms with Crippen LogP contribution in [0.15, 0.2) is 46.0 Å². The van der Waals surface area contributed by atoms with Crippen LogP contribution in [0.2, 0.25) is 0 Å². The lowest BCUT2D eigenvalue weighted by Crippen LogP contribution is -2.27. The number of hydrogen-bond acceptors (Lipinski definition) is 6. The average molecular weight is 423 g/mol. The van der Waals surface area contributed by atoms with E-state index in [9.17, 15) is 9.90 Å². The van der Waals surface area contributed by atoms with E-state index in [2.05, 4.69) is 20.9 Å².